The van der Waals surface area contributed by atoms with Gasteiger partial charge < -0.3 is 5.32 Å². The smallest absolute Gasteiger partial charge is 0.262 e. The summed E-state index contributed by atoms with van der Waals surface area (Å²) < 4.78 is 30.6. The maximum Gasteiger partial charge on any atom is 0.262 e. The molecule has 28 heavy (non-hydrogen) atoms. The van der Waals surface area contributed by atoms with Gasteiger partial charge in [0.1, 0.15) is 23.0 Å². The highest BCUT2D eigenvalue weighted by atomic mass is 32.1. The summed E-state index contributed by atoms with van der Waals surface area (Å²) in [5.41, 5.74) is 2.00. The highest BCUT2D eigenvalue weighted by Gasteiger charge is 2.27. The van der Waals surface area contributed by atoms with Gasteiger partial charge in [0.2, 0.25) is 5.13 Å². The number of nitrogens with one attached hydrogen (secondary N) is 1. The number of aromatic nitrogens is 3. The van der Waals surface area contributed by atoms with Gasteiger partial charge in [-0.3, -0.25) is 4.79 Å². The molecule has 1 amide bonds. The van der Waals surface area contributed by atoms with Crippen LogP contribution in [0.15, 0.2) is 42.5 Å². The van der Waals surface area contributed by atoms with Gasteiger partial charge in [-0.2, -0.15) is 9.78 Å². The Kier molecular flexibility index (Phi) is 3.94. The fourth-order valence-electron chi connectivity index (χ4n) is 3.49. The van der Waals surface area contributed by atoms with Crippen LogP contribution in [0.1, 0.15) is 28.0 Å². The molecule has 5 rings (SSSR count). The minimum absolute atomic E-state index is 0.430. The van der Waals surface area contributed by atoms with Crippen LogP contribution in [0.4, 0.5) is 14.6 Å². The molecule has 1 aliphatic rings. The third kappa shape index (κ3) is 2.68. The number of anilines is 1. The Labute approximate surface area is 162 Å². The first kappa shape index (κ1) is 17.0. The highest BCUT2D eigenvalue weighted by Crippen LogP contribution is 2.34. The molecule has 0 unspecified atom stereocenters. The molecule has 0 bridgehead atoms. The van der Waals surface area contributed by atoms with Crippen molar-refractivity contribution in [1.82, 2.24) is 14.8 Å². The number of halogens is 2. The van der Waals surface area contributed by atoms with E-state index in [-0.39, 0.29) is 0 Å². The lowest BCUT2D eigenvalue weighted by Gasteiger charge is -2.10. The number of amides is 1. The minimum Gasteiger partial charge on any atom is -0.306 e. The van der Waals surface area contributed by atoms with Crippen LogP contribution in [0.2, 0.25) is 0 Å². The van der Waals surface area contributed by atoms with Crippen molar-refractivity contribution in [3.63, 3.8) is 0 Å². The first-order valence-electron chi connectivity index (χ1n) is 8.84. The summed E-state index contributed by atoms with van der Waals surface area (Å²) in [5, 5.41) is 7.89. The van der Waals surface area contributed by atoms with E-state index in [1.807, 2.05) is 24.3 Å². The van der Waals surface area contributed by atoms with Gasteiger partial charge in [-0.1, -0.05) is 29.5 Å². The van der Waals surface area contributed by atoms with Crippen molar-refractivity contribution in [2.45, 2.75) is 19.3 Å². The van der Waals surface area contributed by atoms with Crippen molar-refractivity contribution in [1.29, 1.82) is 0 Å². The normalized spacial score (nSPS) is 13.1. The van der Waals surface area contributed by atoms with Crippen LogP contribution in [-0.4, -0.2) is 20.7 Å². The van der Waals surface area contributed by atoms with E-state index < -0.39 is 23.1 Å². The number of hydrogen-bond acceptors (Lipinski definition) is 4. The van der Waals surface area contributed by atoms with Gasteiger partial charge in [0.05, 0.1) is 15.9 Å². The fourth-order valence-corrected chi connectivity index (χ4v) is 4.42. The summed E-state index contributed by atoms with van der Waals surface area (Å²) >= 11 is 1.44. The number of carbonyl (C=O) groups is 1. The van der Waals surface area contributed by atoms with Crippen LogP contribution in [0.5, 0.6) is 0 Å². The summed E-state index contributed by atoms with van der Waals surface area (Å²) in [6, 6.07) is 11.0. The van der Waals surface area contributed by atoms with Crippen molar-refractivity contribution >= 4 is 33.3 Å². The van der Waals surface area contributed by atoms with Gasteiger partial charge in [0.15, 0.2) is 0 Å². The van der Waals surface area contributed by atoms with Gasteiger partial charge in [-0.15, -0.1) is 0 Å². The number of para-hydroxylation sites is 1. The monoisotopic (exact) mass is 396 g/mol. The quantitative estimate of drug-likeness (QED) is 0.555. The summed E-state index contributed by atoms with van der Waals surface area (Å²) in [6.07, 6.45) is 2.47. The molecule has 1 N–H and O–H groups in total. The molecule has 4 aromatic rings. The Morgan fingerprint density at radius 3 is 2.64 bits per heavy atom. The summed E-state index contributed by atoms with van der Waals surface area (Å²) in [4.78, 5) is 17.3. The molecular weight excluding hydrogens is 382 g/mol. The standard InChI is InChI=1S/C20H14F2N4OS/c21-12-6-4-7-13(22)17(12)19(27)24-18-11-5-3-9-14(11)25-26(18)20-23-15-8-1-2-10-16(15)28-20/h1-2,4,6-8,10H,3,5,9H2,(H,24,27). The molecule has 0 spiro atoms. The second-order valence-electron chi connectivity index (χ2n) is 6.55. The third-order valence-corrected chi connectivity index (χ3v) is 5.80. The Hall–Kier alpha value is -3.13. The fraction of sp³-hybridized carbons (Fsp3) is 0.150. The second-order valence-corrected chi connectivity index (χ2v) is 7.56. The Balaban J connectivity index is 1.60. The van der Waals surface area contributed by atoms with E-state index in [1.54, 1.807) is 4.68 Å². The number of benzene rings is 2. The van der Waals surface area contributed by atoms with E-state index in [2.05, 4.69) is 15.4 Å². The van der Waals surface area contributed by atoms with Crippen molar-refractivity contribution in [3.05, 3.63) is 70.9 Å². The average molecular weight is 396 g/mol. The highest BCUT2D eigenvalue weighted by molar-refractivity contribution is 7.20. The predicted octanol–water partition coefficient (Wildman–Crippen LogP) is 4.50. The zero-order valence-corrected chi connectivity index (χ0v) is 15.4. The molecule has 5 nitrogen and oxygen atoms in total. The van der Waals surface area contributed by atoms with Gasteiger partial charge in [-0.05, 0) is 43.5 Å². The van der Waals surface area contributed by atoms with Crippen LogP contribution in [0.25, 0.3) is 15.3 Å². The number of aryl methyl sites for hydroxylation is 1. The lowest BCUT2D eigenvalue weighted by Crippen LogP contribution is -2.19. The summed E-state index contributed by atoms with van der Waals surface area (Å²) in [7, 11) is 0. The van der Waals surface area contributed by atoms with Crippen LogP contribution >= 0.6 is 11.3 Å². The van der Waals surface area contributed by atoms with Crippen LogP contribution in [0, 0.1) is 11.6 Å². The molecule has 2 aromatic carbocycles. The molecule has 1 aliphatic carbocycles. The zero-order chi connectivity index (χ0) is 19.3. The molecular formula is C20H14F2N4OS. The van der Waals surface area contributed by atoms with Crippen molar-refractivity contribution < 1.29 is 13.6 Å². The van der Waals surface area contributed by atoms with E-state index >= 15 is 0 Å². The number of carbonyl (C=O) groups excluding carboxylic acids is 1. The maximum atomic E-state index is 14.0. The van der Waals surface area contributed by atoms with E-state index in [0.717, 1.165) is 52.9 Å². The Morgan fingerprint density at radius 2 is 1.86 bits per heavy atom. The Morgan fingerprint density at radius 1 is 1.07 bits per heavy atom. The van der Waals surface area contributed by atoms with E-state index in [4.69, 9.17) is 0 Å². The second kappa shape index (κ2) is 6.49. The number of thiazole rings is 1. The van der Waals surface area contributed by atoms with Crippen LogP contribution in [-0.2, 0) is 12.8 Å². The topological polar surface area (TPSA) is 59.8 Å². The lowest BCUT2D eigenvalue weighted by molar-refractivity contribution is 0.101. The maximum absolute atomic E-state index is 14.0. The van der Waals surface area contributed by atoms with Crippen molar-refractivity contribution in [2.24, 2.45) is 0 Å². The van der Waals surface area contributed by atoms with Gasteiger partial charge in [0, 0.05) is 5.56 Å². The molecule has 2 heterocycles. The number of nitrogens with zero attached hydrogens (tertiary/aromatic N) is 3. The van der Waals surface area contributed by atoms with Crippen LogP contribution < -0.4 is 5.32 Å². The molecule has 140 valence electrons. The molecule has 2 aromatic heterocycles. The third-order valence-electron chi connectivity index (χ3n) is 4.79. The summed E-state index contributed by atoms with van der Waals surface area (Å²) in [6.45, 7) is 0. The van der Waals surface area contributed by atoms with E-state index in [1.165, 1.54) is 17.4 Å². The van der Waals surface area contributed by atoms with Crippen molar-refractivity contribution in [3.8, 4) is 5.13 Å². The predicted molar refractivity (Wildman–Crippen MR) is 103 cm³/mol. The first-order valence-corrected chi connectivity index (χ1v) is 9.65. The first-order chi connectivity index (χ1) is 13.6. The average Bonchev–Trinajstić information content (AvgIpc) is 3.36. The molecule has 8 heteroatoms. The molecule has 0 saturated carbocycles. The zero-order valence-electron chi connectivity index (χ0n) is 14.6. The van der Waals surface area contributed by atoms with E-state index in [0.29, 0.717) is 10.9 Å². The van der Waals surface area contributed by atoms with Crippen molar-refractivity contribution in [2.75, 3.05) is 5.32 Å². The Bertz CT molecular complexity index is 1180. The number of rotatable bonds is 3. The van der Waals surface area contributed by atoms with Gasteiger partial charge in [-0.25, -0.2) is 13.8 Å². The molecule has 0 fully saturated rings. The summed E-state index contributed by atoms with van der Waals surface area (Å²) in [5.74, 6) is -2.22. The SMILES string of the molecule is O=C(Nc1c2c(nn1-c1nc3ccccc3s1)CCC2)c1c(F)cccc1F. The number of hydrogen-bond donors (Lipinski definition) is 1. The van der Waals surface area contributed by atoms with Gasteiger partial charge in [0.25, 0.3) is 5.91 Å². The minimum atomic E-state index is -0.903. The molecule has 0 aliphatic heterocycles. The van der Waals surface area contributed by atoms with Crippen LogP contribution in [0.3, 0.4) is 0 Å². The van der Waals surface area contributed by atoms with E-state index in [9.17, 15) is 13.6 Å². The molecule has 0 radical (unpaired) electrons. The molecule has 0 saturated heterocycles. The van der Waals surface area contributed by atoms with Gasteiger partial charge >= 0.3 is 0 Å². The number of fused-ring (bicyclic) bond motifs is 2. The largest absolute Gasteiger partial charge is 0.306 e. The lowest BCUT2D eigenvalue weighted by atomic mass is 10.1. The molecule has 0 atom stereocenters.